The van der Waals surface area contributed by atoms with Gasteiger partial charge < -0.3 is 13.9 Å². The first-order chi connectivity index (χ1) is 8.10. The van der Waals surface area contributed by atoms with Crippen LogP contribution in [0.1, 0.15) is 10.6 Å². The van der Waals surface area contributed by atoms with Crippen molar-refractivity contribution in [2.24, 2.45) is 11.1 Å². The molecular weight excluding hydrogens is 244 g/mol. The third kappa shape index (κ3) is 2.74. The van der Waals surface area contributed by atoms with Gasteiger partial charge in [0.1, 0.15) is 5.75 Å². The molecule has 1 saturated heterocycles. The Labute approximate surface area is 101 Å². The molecule has 1 fully saturated rings. The van der Waals surface area contributed by atoms with E-state index in [2.05, 4.69) is 10.1 Å². The van der Waals surface area contributed by atoms with Crippen LogP contribution in [0.5, 0.6) is 0 Å². The molecule has 92 valence electrons. The van der Waals surface area contributed by atoms with Crippen molar-refractivity contribution in [1.29, 1.82) is 0 Å². The van der Waals surface area contributed by atoms with Gasteiger partial charge in [0.05, 0.1) is 0 Å². The summed E-state index contributed by atoms with van der Waals surface area (Å²) in [4.78, 5) is 23.1. The van der Waals surface area contributed by atoms with Crippen LogP contribution in [0, 0.1) is 10.8 Å². The summed E-state index contributed by atoms with van der Waals surface area (Å²) < 4.78 is 16.9. The monoisotopic (exact) mass is 256 g/mol. The lowest BCUT2D eigenvalue weighted by Crippen LogP contribution is -2.46. The Morgan fingerprint density at radius 3 is 2.94 bits per heavy atom. The van der Waals surface area contributed by atoms with Gasteiger partial charge in [0.25, 0.3) is 0 Å². The van der Waals surface area contributed by atoms with Crippen molar-refractivity contribution in [2.75, 3.05) is 25.9 Å². The zero-order valence-electron chi connectivity index (χ0n) is 9.29. The van der Waals surface area contributed by atoms with Gasteiger partial charge in [-0.1, -0.05) is 0 Å². The molecule has 17 heavy (non-hydrogen) atoms. The number of hydrogen-bond donors (Lipinski definition) is 0. The number of amides is 1. The van der Waals surface area contributed by atoms with Crippen LogP contribution in [0.2, 0.25) is 0 Å². The van der Waals surface area contributed by atoms with Gasteiger partial charge in [-0.25, -0.2) is 0 Å². The maximum Gasteiger partial charge on any atom is 0.351 e. The van der Waals surface area contributed by atoms with Crippen LogP contribution in [0.4, 0.5) is 0 Å². The average Bonchev–Trinajstić information content (AvgIpc) is 2.75. The number of carbonyl (C=O) groups excluding carboxylic acids is 1. The number of hydrogen-bond acceptors (Lipinski definition) is 5. The molecule has 0 aromatic carbocycles. The second kappa shape index (κ2) is 4.99. The molecule has 1 amide bonds. The number of nitrogens with zero attached hydrogens (tertiary/aromatic N) is 2. The summed E-state index contributed by atoms with van der Waals surface area (Å²) in [5.41, 5.74) is 0. The normalized spacial score (nSPS) is 18.7. The maximum atomic E-state index is 11.9. The lowest BCUT2D eigenvalue weighted by atomic mass is 10.0. The molecule has 1 aromatic heterocycles. The first-order valence-corrected chi connectivity index (χ1v) is 6.46. The molecule has 2 rings (SSSR count). The zero-order chi connectivity index (χ0) is 12.4. The highest BCUT2D eigenvalue weighted by molar-refractivity contribution is 7.91. The molecule has 1 aliphatic rings. The SMILES string of the molecule is CN1CC(C[S+]([O-])c2ccc(C(=O)N=O)o2)C1. The number of carbonyl (C=O) groups is 1. The van der Waals surface area contributed by atoms with Gasteiger partial charge >= 0.3 is 11.0 Å². The Bertz CT molecular complexity index is 428. The minimum atomic E-state index is -1.26. The first kappa shape index (κ1) is 12.3. The van der Waals surface area contributed by atoms with Crippen molar-refractivity contribution < 1.29 is 13.8 Å². The minimum absolute atomic E-state index is 0.158. The van der Waals surface area contributed by atoms with E-state index in [0.717, 1.165) is 13.1 Å². The molecule has 1 unspecified atom stereocenters. The molecular formula is C10H12N2O4S. The molecule has 0 spiro atoms. The Kier molecular flexibility index (Phi) is 3.60. The van der Waals surface area contributed by atoms with E-state index in [1.54, 1.807) is 0 Å². The topological polar surface area (TPSA) is 85.9 Å². The number of rotatable bonds is 4. The molecule has 6 nitrogen and oxygen atoms in total. The standard InChI is InChI=1S/C10H12N2O4S/c1-12-4-7(5-12)6-17(15)9-3-2-8(16-9)10(13)11-14/h2-3,7H,4-6H2,1H3. The quantitative estimate of drug-likeness (QED) is 0.589. The predicted molar refractivity (Wildman–Crippen MR) is 61.1 cm³/mol. The number of likely N-dealkylation sites (tertiary alicyclic amines) is 1. The number of nitroso groups, excluding NO2 is 1. The van der Waals surface area contributed by atoms with E-state index in [-0.39, 0.29) is 10.9 Å². The van der Waals surface area contributed by atoms with Gasteiger partial charge in [-0.3, -0.25) is 4.79 Å². The third-order valence-corrected chi connectivity index (χ3v) is 4.07. The summed E-state index contributed by atoms with van der Waals surface area (Å²) in [7, 11) is 2.00. The zero-order valence-corrected chi connectivity index (χ0v) is 10.1. The summed E-state index contributed by atoms with van der Waals surface area (Å²) in [5.74, 6) is -0.222. The average molecular weight is 256 g/mol. The molecule has 2 heterocycles. The lowest BCUT2D eigenvalue weighted by Gasteiger charge is -2.35. The van der Waals surface area contributed by atoms with Crippen LogP contribution in [0.25, 0.3) is 0 Å². The second-order valence-corrected chi connectivity index (χ2v) is 5.54. The van der Waals surface area contributed by atoms with Gasteiger partial charge in [0.15, 0.2) is 0 Å². The van der Waals surface area contributed by atoms with Crippen LogP contribution >= 0.6 is 0 Å². The van der Waals surface area contributed by atoms with Crippen LogP contribution < -0.4 is 0 Å². The smallest absolute Gasteiger partial charge is 0.351 e. The third-order valence-electron chi connectivity index (χ3n) is 2.63. The highest BCUT2D eigenvalue weighted by Crippen LogP contribution is 2.22. The summed E-state index contributed by atoms with van der Waals surface area (Å²) in [6.45, 7) is 1.85. The summed E-state index contributed by atoms with van der Waals surface area (Å²) in [6, 6.07) is 2.78. The van der Waals surface area contributed by atoms with Crippen LogP contribution in [0.3, 0.4) is 0 Å². The van der Waals surface area contributed by atoms with E-state index in [1.165, 1.54) is 12.1 Å². The van der Waals surface area contributed by atoms with Crippen molar-refractivity contribution in [1.82, 2.24) is 4.90 Å². The minimum Gasteiger partial charge on any atom is -0.609 e. The molecule has 1 aromatic rings. The van der Waals surface area contributed by atoms with E-state index in [0.29, 0.717) is 11.7 Å². The van der Waals surface area contributed by atoms with Crippen molar-refractivity contribution in [3.63, 3.8) is 0 Å². The van der Waals surface area contributed by atoms with Crippen molar-refractivity contribution in [3.8, 4) is 0 Å². The van der Waals surface area contributed by atoms with E-state index >= 15 is 0 Å². The first-order valence-electron chi connectivity index (χ1n) is 5.14. The molecule has 0 bridgehead atoms. The second-order valence-electron chi connectivity index (χ2n) is 4.11. The highest BCUT2D eigenvalue weighted by atomic mass is 32.2. The molecule has 1 aliphatic heterocycles. The molecule has 0 N–H and O–H groups in total. The lowest BCUT2D eigenvalue weighted by molar-refractivity contribution is 0.0969. The molecule has 0 aliphatic carbocycles. The molecule has 0 radical (unpaired) electrons. The van der Waals surface area contributed by atoms with E-state index < -0.39 is 17.1 Å². The van der Waals surface area contributed by atoms with E-state index in [4.69, 9.17) is 4.42 Å². The Balaban J connectivity index is 1.94. The van der Waals surface area contributed by atoms with Gasteiger partial charge in [0.2, 0.25) is 5.76 Å². The van der Waals surface area contributed by atoms with Crippen LogP contribution in [-0.2, 0) is 11.2 Å². The molecule has 1 atom stereocenters. The Morgan fingerprint density at radius 1 is 1.65 bits per heavy atom. The van der Waals surface area contributed by atoms with Crippen molar-refractivity contribution in [3.05, 3.63) is 22.8 Å². The Hall–Kier alpha value is -1.18. The summed E-state index contributed by atoms with van der Waals surface area (Å²) in [6.07, 6.45) is 0. The van der Waals surface area contributed by atoms with E-state index in [1.807, 2.05) is 7.05 Å². The Morgan fingerprint density at radius 2 is 2.35 bits per heavy atom. The van der Waals surface area contributed by atoms with Gasteiger partial charge in [-0.15, -0.1) is 4.91 Å². The van der Waals surface area contributed by atoms with Crippen LogP contribution in [-0.4, -0.2) is 41.2 Å². The van der Waals surface area contributed by atoms with E-state index in [9.17, 15) is 14.3 Å². The molecule has 0 saturated carbocycles. The molecule has 7 heteroatoms. The van der Waals surface area contributed by atoms with Gasteiger partial charge in [-0.2, -0.15) is 0 Å². The fourth-order valence-electron chi connectivity index (χ4n) is 1.83. The fourth-order valence-corrected chi connectivity index (χ4v) is 3.04. The van der Waals surface area contributed by atoms with Gasteiger partial charge in [-0.05, 0) is 13.1 Å². The van der Waals surface area contributed by atoms with Crippen molar-refractivity contribution >= 4 is 17.1 Å². The predicted octanol–water partition coefficient (Wildman–Crippen LogP) is 0.855. The highest BCUT2D eigenvalue weighted by Gasteiger charge is 2.30. The number of furan rings is 1. The van der Waals surface area contributed by atoms with Crippen LogP contribution in [0.15, 0.2) is 26.8 Å². The van der Waals surface area contributed by atoms with Gasteiger partial charge in [0, 0.05) is 41.4 Å². The fraction of sp³-hybridized carbons (Fsp3) is 0.500. The summed E-state index contributed by atoms with van der Waals surface area (Å²) in [5, 5.41) is 2.47. The largest absolute Gasteiger partial charge is 0.609 e. The maximum absolute atomic E-state index is 11.9. The summed E-state index contributed by atoms with van der Waals surface area (Å²) >= 11 is -1.26. The van der Waals surface area contributed by atoms with Crippen molar-refractivity contribution in [2.45, 2.75) is 5.09 Å².